The van der Waals surface area contributed by atoms with E-state index in [2.05, 4.69) is 17.6 Å². The van der Waals surface area contributed by atoms with Crippen LogP contribution in [0.25, 0.3) is 0 Å². The van der Waals surface area contributed by atoms with Crippen LogP contribution in [-0.4, -0.2) is 17.6 Å². The molecule has 0 saturated carbocycles. The van der Waals surface area contributed by atoms with Crippen molar-refractivity contribution in [3.8, 4) is 0 Å². The van der Waals surface area contributed by atoms with Gasteiger partial charge in [0.1, 0.15) is 0 Å². The van der Waals surface area contributed by atoms with Crippen molar-refractivity contribution in [2.75, 3.05) is 17.2 Å². The first-order chi connectivity index (χ1) is 10.2. The van der Waals surface area contributed by atoms with Crippen molar-refractivity contribution in [3.63, 3.8) is 0 Å². The maximum atomic E-state index is 12.1. The van der Waals surface area contributed by atoms with Gasteiger partial charge in [-0.15, -0.1) is 0 Å². The van der Waals surface area contributed by atoms with Gasteiger partial charge in [-0.3, -0.25) is 4.79 Å². The standard InChI is InChI=1S/C17H20N2O2/c1-2-11-18-15-9-5-14(6-10-15)17(21)19-16-7-3-13(12-20)4-8-16/h3-10,18,20H,2,11-12H2,1H3,(H,19,21). The molecule has 0 aliphatic heterocycles. The molecule has 0 atom stereocenters. The van der Waals surface area contributed by atoms with Gasteiger partial charge in [0.15, 0.2) is 0 Å². The second kappa shape index (κ2) is 7.45. The maximum absolute atomic E-state index is 12.1. The van der Waals surface area contributed by atoms with E-state index in [4.69, 9.17) is 5.11 Å². The second-order valence-electron chi connectivity index (χ2n) is 4.81. The zero-order valence-electron chi connectivity index (χ0n) is 12.1. The highest BCUT2D eigenvalue weighted by Gasteiger charge is 2.05. The van der Waals surface area contributed by atoms with Crippen molar-refractivity contribution in [1.82, 2.24) is 0 Å². The first kappa shape index (κ1) is 15.1. The number of aliphatic hydroxyl groups excluding tert-OH is 1. The van der Waals surface area contributed by atoms with Crippen LogP contribution in [0.15, 0.2) is 48.5 Å². The average molecular weight is 284 g/mol. The van der Waals surface area contributed by atoms with Gasteiger partial charge in [0.2, 0.25) is 0 Å². The molecule has 0 bridgehead atoms. The quantitative estimate of drug-likeness (QED) is 0.763. The molecule has 0 aliphatic rings. The highest BCUT2D eigenvalue weighted by atomic mass is 16.3. The largest absolute Gasteiger partial charge is 0.392 e. The van der Waals surface area contributed by atoms with Crippen LogP contribution in [0.1, 0.15) is 29.3 Å². The molecule has 21 heavy (non-hydrogen) atoms. The number of nitrogens with one attached hydrogen (secondary N) is 2. The van der Waals surface area contributed by atoms with Crippen molar-refractivity contribution in [1.29, 1.82) is 0 Å². The van der Waals surface area contributed by atoms with Crippen molar-refractivity contribution >= 4 is 17.3 Å². The predicted octanol–water partition coefficient (Wildman–Crippen LogP) is 3.25. The third-order valence-corrected chi connectivity index (χ3v) is 3.12. The lowest BCUT2D eigenvalue weighted by Gasteiger charge is -2.08. The smallest absolute Gasteiger partial charge is 0.255 e. The van der Waals surface area contributed by atoms with E-state index < -0.39 is 0 Å². The molecule has 4 heteroatoms. The Labute approximate surface area is 124 Å². The number of carbonyl (C=O) groups excluding carboxylic acids is 1. The summed E-state index contributed by atoms with van der Waals surface area (Å²) in [5, 5.41) is 15.1. The Morgan fingerprint density at radius 2 is 1.62 bits per heavy atom. The zero-order valence-corrected chi connectivity index (χ0v) is 12.1. The average Bonchev–Trinajstić information content (AvgIpc) is 2.54. The van der Waals surface area contributed by atoms with E-state index in [-0.39, 0.29) is 12.5 Å². The van der Waals surface area contributed by atoms with E-state index in [1.54, 1.807) is 36.4 Å². The Morgan fingerprint density at radius 3 is 2.19 bits per heavy atom. The lowest BCUT2D eigenvalue weighted by molar-refractivity contribution is 0.102. The van der Waals surface area contributed by atoms with Crippen molar-refractivity contribution in [2.24, 2.45) is 0 Å². The van der Waals surface area contributed by atoms with E-state index in [0.717, 1.165) is 24.2 Å². The highest BCUT2D eigenvalue weighted by molar-refractivity contribution is 6.04. The molecule has 0 unspecified atom stereocenters. The number of benzene rings is 2. The van der Waals surface area contributed by atoms with Gasteiger partial charge >= 0.3 is 0 Å². The molecule has 2 aromatic carbocycles. The minimum atomic E-state index is -0.145. The monoisotopic (exact) mass is 284 g/mol. The van der Waals surface area contributed by atoms with Gasteiger partial charge in [0.05, 0.1) is 6.61 Å². The zero-order chi connectivity index (χ0) is 15.1. The Kier molecular flexibility index (Phi) is 5.35. The number of amides is 1. The summed E-state index contributed by atoms with van der Waals surface area (Å²) in [6, 6.07) is 14.5. The van der Waals surface area contributed by atoms with Crippen molar-refractivity contribution in [3.05, 3.63) is 59.7 Å². The minimum Gasteiger partial charge on any atom is -0.392 e. The number of anilines is 2. The lowest BCUT2D eigenvalue weighted by atomic mass is 10.1. The molecule has 1 amide bonds. The normalized spacial score (nSPS) is 10.2. The number of hydrogen-bond donors (Lipinski definition) is 3. The molecule has 110 valence electrons. The Bertz CT molecular complexity index is 577. The predicted molar refractivity (Wildman–Crippen MR) is 85.5 cm³/mol. The molecule has 3 N–H and O–H groups in total. The van der Waals surface area contributed by atoms with E-state index in [1.807, 2.05) is 12.1 Å². The Morgan fingerprint density at radius 1 is 1.00 bits per heavy atom. The molecule has 0 fully saturated rings. The SMILES string of the molecule is CCCNc1ccc(C(=O)Nc2ccc(CO)cc2)cc1. The minimum absolute atomic E-state index is 0.000445. The van der Waals surface area contributed by atoms with Gasteiger partial charge in [0, 0.05) is 23.5 Å². The summed E-state index contributed by atoms with van der Waals surface area (Å²) in [7, 11) is 0. The van der Waals surface area contributed by atoms with Crippen LogP contribution in [0.2, 0.25) is 0 Å². The molecule has 0 radical (unpaired) electrons. The summed E-state index contributed by atoms with van der Waals surface area (Å²) in [5.41, 5.74) is 3.16. The van der Waals surface area contributed by atoms with Gasteiger partial charge in [-0.2, -0.15) is 0 Å². The summed E-state index contributed by atoms with van der Waals surface area (Å²) in [4.78, 5) is 12.1. The fourth-order valence-corrected chi connectivity index (χ4v) is 1.91. The number of rotatable bonds is 6. The van der Waals surface area contributed by atoms with E-state index in [9.17, 15) is 4.79 Å². The summed E-state index contributed by atoms with van der Waals surface area (Å²) in [5.74, 6) is -0.145. The van der Waals surface area contributed by atoms with E-state index in [1.165, 1.54) is 0 Å². The fraction of sp³-hybridized carbons (Fsp3) is 0.235. The van der Waals surface area contributed by atoms with Gasteiger partial charge in [-0.25, -0.2) is 0 Å². The van der Waals surface area contributed by atoms with Gasteiger partial charge in [-0.1, -0.05) is 19.1 Å². The number of carbonyl (C=O) groups is 1. The van der Waals surface area contributed by atoms with Gasteiger partial charge in [0.25, 0.3) is 5.91 Å². The summed E-state index contributed by atoms with van der Waals surface area (Å²) >= 11 is 0. The van der Waals surface area contributed by atoms with Crippen molar-refractivity contribution < 1.29 is 9.90 Å². The number of hydrogen-bond acceptors (Lipinski definition) is 3. The molecule has 0 saturated heterocycles. The van der Waals surface area contributed by atoms with Crippen LogP contribution in [0.5, 0.6) is 0 Å². The Balaban J connectivity index is 1.98. The number of aliphatic hydroxyl groups is 1. The van der Waals surface area contributed by atoms with Crippen LogP contribution in [0.4, 0.5) is 11.4 Å². The first-order valence-electron chi connectivity index (χ1n) is 7.08. The molecule has 4 nitrogen and oxygen atoms in total. The van der Waals surface area contributed by atoms with Crippen LogP contribution < -0.4 is 10.6 Å². The Hall–Kier alpha value is -2.33. The molecular formula is C17H20N2O2. The maximum Gasteiger partial charge on any atom is 0.255 e. The van der Waals surface area contributed by atoms with Crippen LogP contribution in [-0.2, 0) is 6.61 Å². The third kappa shape index (κ3) is 4.33. The highest BCUT2D eigenvalue weighted by Crippen LogP contribution is 2.13. The second-order valence-corrected chi connectivity index (χ2v) is 4.81. The molecular weight excluding hydrogens is 264 g/mol. The summed E-state index contributed by atoms with van der Waals surface area (Å²) in [6.45, 7) is 3.03. The molecule has 2 aromatic rings. The summed E-state index contributed by atoms with van der Waals surface area (Å²) in [6.07, 6.45) is 1.06. The van der Waals surface area contributed by atoms with Crippen LogP contribution >= 0.6 is 0 Å². The lowest BCUT2D eigenvalue weighted by Crippen LogP contribution is -2.12. The fourth-order valence-electron chi connectivity index (χ4n) is 1.91. The molecule has 0 spiro atoms. The van der Waals surface area contributed by atoms with Crippen LogP contribution in [0.3, 0.4) is 0 Å². The molecule has 2 rings (SSSR count). The van der Waals surface area contributed by atoms with Gasteiger partial charge in [-0.05, 0) is 48.4 Å². The van der Waals surface area contributed by atoms with E-state index in [0.29, 0.717) is 11.3 Å². The molecule has 0 aromatic heterocycles. The third-order valence-electron chi connectivity index (χ3n) is 3.12. The van der Waals surface area contributed by atoms with Gasteiger partial charge < -0.3 is 15.7 Å². The van der Waals surface area contributed by atoms with E-state index >= 15 is 0 Å². The molecule has 0 aliphatic carbocycles. The summed E-state index contributed by atoms with van der Waals surface area (Å²) < 4.78 is 0. The van der Waals surface area contributed by atoms with Crippen molar-refractivity contribution in [2.45, 2.75) is 20.0 Å². The molecule has 0 heterocycles. The first-order valence-corrected chi connectivity index (χ1v) is 7.08. The van der Waals surface area contributed by atoms with Crippen LogP contribution in [0, 0.1) is 0 Å². The topological polar surface area (TPSA) is 61.4 Å².